The van der Waals surface area contributed by atoms with Crippen molar-refractivity contribution in [1.82, 2.24) is 4.98 Å². The summed E-state index contributed by atoms with van der Waals surface area (Å²) in [6.07, 6.45) is 7.12. The molecule has 1 fully saturated rings. The van der Waals surface area contributed by atoms with Crippen LogP contribution in [0.4, 0.5) is 0 Å². The summed E-state index contributed by atoms with van der Waals surface area (Å²) in [7, 11) is 0. The van der Waals surface area contributed by atoms with E-state index in [2.05, 4.69) is 4.98 Å². The Kier molecular flexibility index (Phi) is 2.26. The number of hydrogen-bond donors (Lipinski definition) is 1. The van der Waals surface area contributed by atoms with Crippen molar-refractivity contribution in [3.63, 3.8) is 0 Å². The molecule has 13 heavy (non-hydrogen) atoms. The number of nitrogens with zero attached hydrogens (tertiary/aromatic N) is 1. The Morgan fingerprint density at radius 3 is 2.62 bits per heavy atom. The summed E-state index contributed by atoms with van der Waals surface area (Å²) in [6.45, 7) is 0. The van der Waals surface area contributed by atoms with Gasteiger partial charge in [0.15, 0.2) is 0 Å². The lowest BCUT2D eigenvalue weighted by Gasteiger charge is -2.21. The molecule has 0 aromatic carbocycles. The highest BCUT2D eigenvalue weighted by molar-refractivity contribution is 6.30. The maximum absolute atomic E-state index is 10.2. The van der Waals surface area contributed by atoms with Crippen molar-refractivity contribution in [3.05, 3.63) is 29.0 Å². The fraction of sp³-hybridized carbons (Fsp3) is 0.500. The van der Waals surface area contributed by atoms with Gasteiger partial charge in [-0.1, -0.05) is 24.4 Å². The maximum atomic E-state index is 10.2. The fourth-order valence-electron chi connectivity index (χ4n) is 1.91. The smallest absolute Gasteiger partial charge is 0.0911 e. The van der Waals surface area contributed by atoms with Crippen molar-refractivity contribution in [2.75, 3.05) is 0 Å². The Bertz CT molecular complexity index is 308. The van der Waals surface area contributed by atoms with Crippen LogP contribution in [0.1, 0.15) is 31.2 Å². The molecule has 1 saturated carbocycles. The second-order valence-electron chi connectivity index (χ2n) is 3.63. The van der Waals surface area contributed by atoms with E-state index in [-0.39, 0.29) is 0 Å². The minimum atomic E-state index is -0.669. The van der Waals surface area contributed by atoms with Crippen LogP contribution in [0.2, 0.25) is 5.02 Å². The van der Waals surface area contributed by atoms with Gasteiger partial charge in [-0.25, -0.2) is 0 Å². The summed E-state index contributed by atoms with van der Waals surface area (Å²) in [4.78, 5) is 3.98. The van der Waals surface area contributed by atoms with Crippen molar-refractivity contribution in [1.29, 1.82) is 0 Å². The van der Waals surface area contributed by atoms with Crippen LogP contribution in [0.3, 0.4) is 0 Å². The zero-order valence-electron chi connectivity index (χ0n) is 7.33. The molecule has 0 unspecified atom stereocenters. The first-order valence-corrected chi connectivity index (χ1v) is 4.92. The van der Waals surface area contributed by atoms with Crippen LogP contribution in [-0.2, 0) is 5.60 Å². The molecule has 0 atom stereocenters. The lowest BCUT2D eigenvalue weighted by Crippen LogP contribution is -2.20. The highest BCUT2D eigenvalue weighted by Crippen LogP contribution is 2.38. The predicted octanol–water partition coefficient (Wildman–Crippen LogP) is 2.50. The third-order valence-corrected chi connectivity index (χ3v) is 2.88. The van der Waals surface area contributed by atoms with Crippen molar-refractivity contribution >= 4 is 11.6 Å². The molecule has 1 aliphatic carbocycles. The Morgan fingerprint density at radius 2 is 2.00 bits per heavy atom. The van der Waals surface area contributed by atoms with Crippen LogP contribution in [-0.4, -0.2) is 10.1 Å². The molecule has 2 rings (SSSR count). The Morgan fingerprint density at radius 1 is 1.31 bits per heavy atom. The molecule has 0 aliphatic heterocycles. The lowest BCUT2D eigenvalue weighted by molar-refractivity contribution is 0.0441. The van der Waals surface area contributed by atoms with E-state index in [1.807, 2.05) is 0 Å². The molecule has 2 nitrogen and oxygen atoms in total. The van der Waals surface area contributed by atoms with E-state index < -0.39 is 5.60 Å². The summed E-state index contributed by atoms with van der Waals surface area (Å²) in [5.41, 5.74) is 0.190. The minimum Gasteiger partial charge on any atom is -0.385 e. The summed E-state index contributed by atoms with van der Waals surface area (Å²) in [5, 5.41) is 10.8. The molecule has 1 heterocycles. The molecule has 3 heteroatoms. The number of hydrogen-bond acceptors (Lipinski definition) is 2. The molecule has 1 aromatic rings. The van der Waals surface area contributed by atoms with Gasteiger partial charge in [0.2, 0.25) is 0 Å². The number of rotatable bonds is 1. The molecule has 0 radical (unpaired) electrons. The van der Waals surface area contributed by atoms with Crippen LogP contribution in [0.5, 0.6) is 0 Å². The summed E-state index contributed by atoms with van der Waals surface area (Å²) in [6, 6.07) is 1.81. The molecule has 70 valence electrons. The summed E-state index contributed by atoms with van der Waals surface area (Å²) in [5.74, 6) is 0. The largest absolute Gasteiger partial charge is 0.385 e. The Labute approximate surface area is 82.6 Å². The molecule has 0 spiro atoms. The third kappa shape index (κ3) is 1.69. The van der Waals surface area contributed by atoms with Crippen LogP contribution in [0, 0.1) is 0 Å². The van der Waals surface area contributed by atoms with Gasteiger partial charge in [0.05, 0.1) is 10.6 Å². The standard InChI is InChI=1S/C10H12ClNO/c11-9-5-8(6-12-7-9)10(13)3-1-2-4-10/h5-7,13H,1-4H2. The van der Waals surface area contributed by atoms with E-state index in [4.69, 9.17) is 11.6 Å². The van der Waals surface area contributed by atoms with Crippen LogP contribution >= 0.6 is 11.6 Å². The van der Waals surface area contributed by atoms with E-state index in [0.29, 0.717) is 5.02 Å². The van der Waals surface area contributed by atoms with Gasteiger partial charge in [0.1, 0.15) is 0 Å². The van der Waals surface area contributed by atoms with Crippen LogP contribution in [0.25, 0.3) is 0 Å². The molecule has 1 N–H and O–H groups in total. The van der Waals surface area contributed by atoms with E-state index in [1.165, 1.54) is 0 Å². The van der Waals surface area contributed by atoms with Gasteiger partial charge in [-0.3, -0.25) is 4.98 Å². The molecule has 1 aromatic heterocycles. The van der Waals surface area contributed by atoms with Crippen molar-refractivity contribution < 1.29 is 5.11 Å². The second-order valence-corrected chi connectivity index (χ2v) is 4.07. The topological polar surface area (TPSA) is 33.1 Å². The van der Waals surface area contributed by atoms with Gasteiger partial charge < -0.3 is 5.11 Å². The average molecular weight is 198 g/mol. The number of aliphatic hydroxyl groups is 1. The van der Waals surface area contributed by atoms with Gasteiger partial charge >= 0.3 is 0 Å². The van der Waals surface area contributed by atoms with Gasteiger partial charge in [0, 0.05) is 18.0 Å². The number of pyridine rings is 1. The van der Waals surface area contributed by atoms with Crippen LogP contribution < -0.4 is 0 Å². The third-order valence-electron chi connectivity index (χ3n) is 2.67. The van der Waals surface area contributed by atoms with E-state index in [0.717, 1.165) is 31.2 Å². The normalized spacial score (nSPS) is 20.5. The molecule has 0 bridgehead atoms. The van der Waals surface area contributed by atoms with Gasteiger partial charge in [-0.15, -0.1) is 0 Å². The molecule has 1 aliphatic rings. The first kappa shape index (κ1) is 8.97. The highest BCUT2D eigenvalue weighted by atomic mass is 35.5. The molecule has 0 amide bonds. The first-order valence-electron chi connectivity index (χ1n) is 4.54. The quantitative estimate of drug-likeness (QED) is 0.751. The van der Waals surface area contributed by atoms with Gasteiger partial charge in [-0.05, 0) is 18.9 Å². The fourth-order valence-corrected chi connectivity index (χ4v) is 2.09. The zero-order valence-corrected chi connectivity index (χ0v) is 8.09. The first-order chi connectivity index (χ1) is 6.21. The van der Waals surface area contributed by atoms with Gasteiger partial charge in [-0.2, -0.15) is 0 Å². The monoisotopic (exact) mass is 197 g/mol. The molecular formula is C10H12ClNO. The molecular weight excluding hydrogens is 186 g/mol. The minimum absolute atomic E-state index is 0.595. The van der Waals surface area contributed by atoms with Crippen molar-refractivity contribution in [3.8, 4) is 0 Å². The van der Waals surface area contributed by atoms with Crippen molar-refractivity contribution in [2.24, 2.45) is 0 Å². The summed E-state index contributed by atoms with van der Waals surface area (Å²) < 4.78 is 0. The number of aromatic nitrogens is 1. The van der Waals surface area contributed by atoms with Gasteiger partial charge in [0.25, 0.3) is 0 Å². The highest BCUT2D eigenvalue weighted by Gasteiger charge is 2.33. The maximum Gasteiger partial charge on any atom is 0.0911 e. The van der Waals surface area contributed by atoms with E-state index in [1.54, 1.807) is 18.5 Å². The predicted molar refractivity (Wildman–Crippen MR) is 51.6 cm³/mol. The summed E-state index contributed by atoms with van der Waals surface area (Å²) >= 11 is 5.81. The Balaban J connectivity index is 2.33. The van der Waals surface area contributed by atoms with E-state index >= 15 is 0 Å². The zero-order chi connectivity index (χ0) is 9.31. The Hall–Kier alpha value is -0.600. The van der Waals surface area contributed by atoms with E-state index in [9.17, 15) is 5.11 Å². The SMILES string of the molecule is OC1(c2cncc(Cl)c2)CCCC1. The second kappa shape index (κ2) is 3.28. The average Bonchev–Trinajstić information content (AvgIpc) is 2.54. The molecule has 0 saturated heterocycles. The number of halogens is 1. The lowest BCUT2D eigenvalue weighted by atomic mass is 9.94. The van der Waals surface area contributed by atoms with Crippen molar-refractivity contribution in [2.45, 2.75) is 31.3 Å². The van der Waals surface area contributed by atoms with Crippen LogP contribution in [0.15, 0.2) is 18.5 Å².